The second-order valence-electron chi connectivity index (χ2n) is 7.63. The number of rotatable bonds is 1. The third-order valence-corrected chi connectivity index (χ3v) is 7.25. The molecule has 2 spiro atoms. The van der Waals surface area contributed by atoms with Gasteiger partial charge in [-0.05, 0) is 50.1 Å². The molecule has 3 aliphatic heterocycles. The average molecular weight is 309 g/mol. The first kappa shape index (κ1) is 12.6. The van der Waals surface area contributed by atoms with Gasteiger partial charge < -0.3 is 9.47 Å². The topological polar surface area (TPSA) is 38.8 Å². The van der Waals surface area contributed by atoms with Crippen molar-refractivity contribution in [2.24, 2.45) is 5.41 Å². The van der Waals surface area contributed by atoms with Crippen molar-refractivity contribution in [3.63, 3.8) is 0 Å². The first-order valence-corrected chi connectivity index (χ1v) is 8.55. The number of ketones is 1. The predicted molar refractivity (Wildman–Crippen MR) is 84.0 cm³/mol. The van der Waals surface area contributed by atoms with Gasteiger partial charge in [0.1, 0.15) is 0 Å². The summed E-state index contributed by atoms with van der Waals surface area (Å²) in [6.07, 6.45) is 6.89. The fourth-order valence-corrected chi connectivity index (χ4v) is 6.42. The summed E-state index contributed by atoms with van der Waals surface area (Å²) >= 11 is 0. The SMILES string of the molecule is COc1ccc2c3c1O[C@H]1C(=O)C=C[C@]45CCN(CC[C@]314)[C@@H]5C2. The minimum atomic E-state index is -0.361. The Morgan fingerprint density at radius 3 is 3.04 bits per heavy atom. The number of carbonyl (C=O) groups excluding carboxylic acids is 1. The van der Waals surface area contributed by atoms with Crippen molar-refractivity contribution in [2.75, 3.05) is 20.2 Å². The van der Waals surface area contributed by atoms with Crippen LogP contribution in [0.1, 0.15) is 24.0 Å². The van der Waals surface area contributed by atoms with Crippen molar-refractivity contribution in [3.8, 4) is 11.5 Å². The van der Waals surface area contributed by atoms with Gasteiger partial charge in [0.05, 0.1) is 12.5 Å². The van der Waals surface area contributed by atoms with Crippen LogP contribution in [0.15, 0.2) is 24.3 Å². The largest absolute Gasteiger partial charge is 0.493 e. The maximum absolute atomic E-state index is 12.7. The van der Waals surface area contributed by atoms with Gasteiger partial charge in [-0.3, -0.25) is 9.69 Å². The summed E-state index contributed by atoms with van der Waals surface area (Å²) in [5, 5.41) is 0. The molecule has 0 radical (unpaired) electrons. The van der Waals surface area contributed by atoms with Crippen molar-refractivity contribution in [1.29, 1.82) is 0 Å². The number of piperidine rings is 1. The van der Waals surface area contributed by atoms with Gasteiger partial charge in [-0.15, -0.1) is 0 Å². The zero-order chi connectivity index (χ0) is 15.4. The molecule has 0 N–H and O–H groups in total. The molecule has 5 atom stereocenters. The van der Waals surface area contributed by atoms with E-state index in [0.29, 0.717) is 6.04 Å². The van der Waals surface area contributed by atoms with Gasteiger partial charge in [0.25, 0.3) is 0 Å². The highest BCUT2D eigenvalue weighted by Crippen LogP contribution is 2.70. The normalized spacial score (nSPS) is 44.0. The molecule has 6 rings (SSSR count). The molecule has 1 unspecified atom stereocenters. The molecule has 23 heavy (non-hydrogen) atoms. The van der Waals surface area contributed by atoms with E-state index < -0.39 is 0 Å². The number of carbonyl (C=O) groups is 1. The van der Waals surface area contributed by atoms with E-state index in [4.69, 9.17) is 9.47 Å². The number of nitrogens with zero attached hydrogens (tertiary/aromatic N) is 1. The molecule has 0 aromatic heterocycles. The van der Waals surface area contributed by atoms with Gasteiger partial charge in [0.2, 0.25) is 0 Å². The minimum absolute atomic E-state index is 0.0639. The van der Waals surface area contributed by atoms with Crippen LogP contribution >= 0.6 is 0 Å². The van der Waals surface area contributed by atoms with Gasteiger partial charge >= 0.3 is 0 Å². The fraction of sp³-hybridized carbons (Fsp3) is 0.526. The summed E-state index contributed by atoms with van der Waals surface area (Å²) in [7, 11) is 1.68. The van der Waals surface area contributed by atoms with Crippen LogP contribution in [0.5, 0.6) is 11.5 Å². The van der Waals surface area contributed by atoms with Crippen LogP contribution in [0.4, 0.5) is 0 Å². The van der Waals surface area contributed by atoms with Crippen LogP contribution in [0, 0.1) is 5.41 Å². The fourth-order valence-electron chi connectivity index (χ4n) is 6.42. The molecule has 5 aliphatic rings. The van der Waals surface area contributed by atoms with E-state index in [1.807, 2.05) is 6.07 Å². The number of hydrogen-bond acceptors (Lipinski definition) is 4. The van der Waals surface area contributed by atoms with E-state index in [1.54, 1.807) is 13.2 Å². The van der Waals surface area contributed by atoms with Gasteiger partial charge in [0.15, 0.2) is 23.4 Å². The molecule has 118 valence electrons. The average Bonchev–Trinajstić information content (AvgIpc) is 3.02. The summed E-state index contributed by atoms with van der Waals surface area (Å²) in [6.45, 7) is 2.21. The molecule has 4 bridgehead atoms. The lowest BCUT2D eigenvalue weighted by atomic mass is 9.46. The number of hydrogen-bond donors (Lipinski definition) is 0. The molecule has 2 saturated heterocycles. The lowest BCUT2D eigenvalue weighted by Gasteiger charge is -2.59. The van der Waals surface area contributed by atoms with Crippen molar-refractivity contribution in [3.05, 3.63) is 35.4 Å². The monoisotopic (exact) mass is 309 g/mol. The van der Waals surface area contributed by atoms with Crippen molar-refractivity contribution in [1.82, 2.24) is 4.90 Å². The van der Waals surface area contributed by atoms with Crippen LogP contribution < -0.4 is 9.47 Å². The summed E-state index contributed by atoms with van der Waals surface area (Å²) < 4.78 is 11.9. The summed E-state index contributed by atoms with van der Waals surface area (Å²) in [5.74, 6) is 1.74. The summed E-state index contributed by atoms with van der Waals surface area (Å²) in [4.78, 5) is 15.4. The van der Waals surface area contributed by atoms with Crippen LogP contribution in [-0.2, 0) is 16.6 Å². The molecule has 1 aromatic carbocycles. The van der Waals surface area contributed by atoms with Crippen LogP contribution in [0.25, 0.3) is 0 Å². The first-order valence-electron chi connectivity index (χ1n) is 8.55. The molecule has 0 saturated carbocycles. The van der Waals surface area contributed by atoms with E-state index >= 15 is 0 Å². The minimum Gasteiger partial charge on any atom is -0.493 e. The maximum Gasteiger partial charge on any atom is 0.196 e. The standard InChI is InChI=1S/C19H19NO3/c1-22-13-3-2-11-10-14-18-5-4-12(21)17-19(18,15(11)16(13)23-17)7-9-20(14)8-6-18/h2-5,14,17H,6-10H2,1H3/t14-,17+,18-,19+/m1/s1. The summed E-state index contributed by atoms with van der Waals surface area (Å²) in [6, 6.07) is 4.71. The Bertz CT molecular complexity index is 800. The number of ether oxygens (including phenoxy) is 2. The van der Waals surface area contributed by atoms with Crippen LogP contribution in [0.3, 0.4) is 0 Å². The van der Waals surface area contributed by atoms with E-state index in [0.717, 1.165) is 43.9 Å². The van der Waals surface area contributed by atoms with Crippen LogP contribution in [-0.4, -0.2) is 43.0 Å². The molecule has 2 fully saturated rings. The summed E-state index contributed by atoms with van der Waals surface area (Å²) in [5.41, 5.74) is 2.54. The second-order valence-corrected chi connectivity index (χ2v) is 7.63. The third kappa shape index (κ3) is 1.09. The lowest BCUT2D eigenvalue weighted by molar-refractivity contribution is -0.130. The van der Waals surface area contributed by atoms with E-state index in [1.165, 1.54) is 11.1 Å². The number of benzene rings is 1. The maximum atomic E-state index is 12.7. The first-order chi connectivity index (χ1) is 11.2. The molecule has 4 nitrogen and oxygen atoms in total. The Morgan fingerprint density at radius 1 is 1.30 bits per heavy atom. The molecule has 1 aromatic rings. The Kier molecular flexibility index (Phi) is 1.99. The molecule has 3 heterocycles. The smallest absolute Gasteiger partial charge is 0.196 e. The van der Waals surface area contributed by atoms with Gasteiger partial charge in [-0.1, -0.05) is 12.1 Å². The highest BCUT2D eigenvalue weighted by molar-refractivity contribution is 5.98. The molecular formula is C19H19NO3. The van der Waals surface area contributed by atoms with Crippen molar-refractivity contribution >= 4 is 5.78 Å². The Hall–Kier alpha value is -1.81. The zero-order valence-corrected chi connectivity index (χ0v) is 13.2. The quantitative estimate of drug-likeness (QED) is 0.794. The molecule has 2 aliphatic carbocycles. The van der Waals surface area contributed by atoms with Gasteiger partial charge in [-0.2, -0.15) is 0 Å². The van der Waals surface area contributed by atoms with Crippen molar-refractivity contribution < 1.29 is 14.3 Å². The Morgan fingerprint density at radius 2 is 2.17 bits per heavy atom. The van der Waals surface area contributed by atoms with E-state index in [9.17, 15) is 4.79 Å². The second kappa shape index (κ2) is 3.64. The van der Waals surface area contributed by atoms with Crippen molar-refractivity contribution in [2.45, 2.75) is 36.8 Å². The molecular weight excluding hydrogens is 290 g/mol. The third-order valence-electron chi connectivity index (χ3n) is 7.25. The van der Waals surface area contributed by atoms with Gasteiger partial charge in [-0.25, -0.2) is 0 Å². The van der Waals surface area contributed by atoms with E-state index in [-0.39, 0.29) is 22.7 Å². The predicted octanol–water partition coefficient (Wildman–Crippen LogP) is 1.85. The van der Waals surface area contributed by atoms with E-state index in [2.05, 4.69) is 17.0 Å². The van der Waals surface area contributed by atoms with Gasteiger partial charge in [0, 0.05) is 17.0 Å². The molecule has 0 amide bonds. The highest BCUT2D eigenvalue weighted by atomic mass is 16.5. The number of methoxy groups -OCH3 is 1. The molecule has 4 heteroatoms. The Labute approximate surface area is 135 Å². The zero-order valence-electron chi connectivity index (χ0n) is 13.2. The van der Waals surface area contributed by atoms with Crippen LogP contribution in [0.2, 0.25) is 0 Å². The Balaban J connectivity index is 1.75. The highest BCUT2D eigenvalue weighted by Gasteiger charge is 2.73. The lowest BCUT2D eigenvalue weighted by Crippen LogP contribution is -2.67.